The molecule has 2 aliphatic rings. The van der Waals surface area contributed by atoms with E-state index in [9.17, 15) is 5.11 Å². The molecule has 0 saturated heterocycles. The van der Waals surface area contributed by atoms with Gasteiger partial charge in [-0.1, -0.05) is 147 Å². The molecule has 0 spiro atoms. The van der Waals surface area contributed by atoms with Gasteiger partial charge in [-0.15, -0.1) is 0 Å². The molecular formula is C40H56O. The van der Waals surface area contributed by atoms with Crippen LogP contribution in [0.1, 0.15) is 94.9 Å². The minimum atomic E-state index is -0.308. The predicted octanol–water partition coefficient (Wildman–Crippen LogP) is 11.4. The van der Waals surface area contributed by atoms with Gasteiger partial charge >= 0.3 is 0 Å². The highest BCUT2D eigenvalue weighted by atomic mass is 16.3. The van der Waals surface area contributed by atoms with E-state index >= 15 is 0 Å². The molecule has 1 heteroatoms. The topological polar surface area (TPSA) is 20.2 Å². The Bertz CT molecular complexity index is 1240. The van der Waals surface area contributed by atoms with Crippen LogP contribution in [0.3, 0.4) is 0 Å². The lowest BCUT2D eigenvalue weighted by atomic mass is 9.68. The van der Waals surface area contributed by atoms with E-state index in [2.05, 4.69) is 160 Å². The molecule has 2 rings (SSSR count). The van der Waals surface area contributed by atoms with E-state index in [1.807, 2.05) is 0 Å². The average molecular weight is 553 g/mol. The zero-order chi connectivity index (χ0) is 30.6. The molecule has 0 radical (unpaired) electrons. The van der Waals surface area contributed by atoms with Gasteiger partial charge in [-0.2, -0.15) is 0 Å². The lowest BCUT2D eigenvalue weighted by molar-refractivity contribution is 0.163. The minimum absolute atomic E-state index is 0.111. The van der Waals surface area contributed by atoms with Gasteiger partial charge in [0.25, 0.3) is 0 Å². The molecule has 0 aromatic rings. The summed E-state index contributed by atoms with van der Waals surface area (Å²) >= 11 is 0. The number of aliphatic hydroxyl groups excluding tert-OH is 1. The normalized spacial score (nSPS) is 25.1. The van der Waals surface area contributed by atoms with E-state index in [1.165, 1.54) is 46.3 Å². The number of hydrogen-bond donors (Lipinski definition) is 1. The van der Waals surface area contributed by atoms with Crippen LogP contribution < -0.4 is 0 Å². The minimum Gasteiger partial charge on any atom is -0.389 e. The van der Waals surface area contributed by atoms with Crippen LogP contribution >= 0.6 is 0 Å². The van der Waals surface area contributed by atoms with Crippen molar-refractivity contribution < 1.29 is 5.11 Å². The molecule has 222 valence electrons. The summed E-state index contributed by atoms with van der Waals surface area (Å²) < 4.78 is 0. The van der Waals surface area contributed by atoms with E-state index in [0.29, 0.717) is 11.3 Å². The van der Waals surface area contributed by atoms with Crippen molar-refractivity contribution in [3.63, 3.8) is 0 Å². The van der Waals surface area contributed by atoms with Crippen LogP contribution in [0.2, 0.25) is 0 Å². The molecular weight excluding hydrogens is 496 g/mol. The van der Waals surface area contributed by atoms with E-state index in [-0.39, 0.29) is 11.5 Å². The van der Waals surface area contributed by atoms with Crippen molar-refractivity contribution in [1.82, 2.24) is 0 Å². The second kappa shape index (κ2) is 15.9. The van der Waals surface area contributed by atoms with Crippen LogP contribution in [0.4, 0.5) is 0 Å². The maximum Gasteiger partial charge on any atom is 0.0753 e. The SMILES string of the molecule is CC(C=CC1C(C)=CCCC1(C)C)=CC=CC(C)=C/C=C/C=C(C)/C=C/C=C(C)/C=C/C1=C(C)C(O)CCC1(C)C. The maximum absolute atomic E-state index is 10.3. The van der Waals surface area contributed by atoms with Crippen LogP contribution in [-0.4, -0.2) is 11.2 Å². The first-order valence-electron chi connectivity index (χ1n) is 15.4. The summed E-state index contributed by atoms with van der Waals surface area (Å²) in [4.78, 5) is 0. The van der Waals surface area contributed by atoms with E-state index in [1.54, 1.807) is 0 Å². The van der Waals surface area contributed by atoms with Crippen LogP contribution in [0, 0.1) is 16.7 Å². The summed E-state index contributed by atoms with van der Waals surface area (Å²) in [5.74, 6) is 0.524. The number of allylic oxidation sites excluding steroid dienone is 21. The highest BCUT2D eigenvalue weighted by molar-refractivity contribution is 5.39. The van der Waals surface area contributed by atoms with Crippen LogP contribution in [0.5, 0.6) is 0 Å². The van der Waals surface area contributed by atoms with Crippen molar-refractivity contribution in [1.29, 1.82) is 0 Å². The Kier molecular flexibility index (Phi) is 13.3. The molecule has 0 heterocycles. The summed E-state index contributed by atoms with van der Waals surface area (Å²) in [6.45, 7) is 22.2. The molecule has 2 atom stereocenters. The fourth-order valence-corrected chi connectivity index (χ4v) is 5.70. The molecule has 1 nitrogen and oxygen atoms in total. The monoisotopic (exact) mass is 552 g/mol. The average Bonchev–Trinajstić information content (AvgIpc) is 2.88. The predicted molar refractivity (Wildman–Crippen MR) is 183 cm³/mol. The number of hydrogen-bond acceptors (Lipinski definition) is 1. The largest absolute Gasteiger partial charge is 0.389 e. The summed E-state index contributed by atoms with van der Waals surface area (Å²) in [6.07, 6.45) is 36.7. The lowest BCUT2D eigenvalue weighted by Crippen LogP contribution is -2.27. The molecule has 0 aromatic carbocycles. The molecule has 0 saturated carbocycles. The Morgan fingerprint density at radius 2 is 1.24 bits per heavy atom. The van der Waals surface area contributed by atoms with Crippen LogP contribution in [0.25, 0.3) is 0 Å². The third kappa shape index (κ3) is 11.5. The first-order valence-corrected chi connectivity index (χ1v) is 15.4. The second-order valence-electron chi connectivity index (χ2n) is 13.4. The summed E-state index contributed by atoms with van der Waals surface area (Å²) in [5.41, 5.74) is 9.19. The molecule has 1 N–H and O–H groups in total. The highest BCUT2D eigenvalue weighted by Crippen LogP contribution is 2.42. The van der Waals surface area contributed by atoms with Gasteiger partial charge in [0, 0.05) is 5.92 Å². The van der Waals surface area contributed by atoms with Crippen molar-refractivity contribution in [3.05, 3.63) is 130 Å². The van der Waals surface area contributed by atoms with E-state index in [0.717, 1.165) is 18.4 Å². The molecule has 0 amide bonds. The fourth-order valence-electron chi connectivity index (χ4n) is 5.70. The van der Waals surface area contributed by atoms with Gasteiger partial charge in [-0.25, -0.2) is 0 Å². The number of aliphatic hydroxyl groups is 1. The Balaban J connectivity index is 1.89. The zero-order valence-electron chi connectivity index (χ0n) is 27.6. The zero-order valence-corrected chi connectivity index (χ0v) is 27.6. The first-order chi connectivity index (χ1) is 19.2. The Morgan fingerprint density at radius 3 is 1.80 bits per heavy atom. The molecule has 0 aliphatic heterocycles. The molecule has 41 heavy (non-hydrogen) atoms. The van der Waals surface area contributed by atoms with Crippen molar-refractivity contribution in [2.45, 2.75) is 101 Å². The van der Waals surface area contributed by atoms with Crippen molar-refractivity contribution >= 4 is 0 Å². The Hall–Kier alpha value is -2.90. The van der Waals surface area contributed by atoms with Crippen molar-refractivity contribution in [2.75, 3.05) is 0 Å². The number of rotatable bonds is 10. The maximum atomic E-state index is 10.3. The molecule has 2 unspecified atom stereocenters. The van der Waals surface area contributed by atoms with Gasteiger partial charge in [-0.3, -0.25) is 0 Å². The van der Waals surface area contributed by atoms with Crippen molar-refractivity contribution in [3.8, 4) is 0 Å². The Morgan fingerprint density at radius 1 is 0.732 bits per heavy atom. The summed E-state index contributed by atoms with van der Waals surface area (Å²) in [5, 5.41) is 10.3. The fraction of sp³-hybridized carbons (Fsp3) is 0.450. The van der Waals surface area contributed by atoms with Gasteiger partial charge in [-0.05, 0) is 89.2 Å². The Labute approximate surface area is 252 Å². The lowest BCUT2D eigenvalue weighted by Gasteiger charge is -2.36. The van der Waals surface area contributed by atoms with Gasteiger partial charge in [0.1, 0.15) is 0 Å². The molecule has 0 bridgehead atoms. The molecule has 0 fully saturated rings. The van der Waals surface area contributed by atoms with Crippen molar-refractivity contribution in [2.24, 2.45) is 16.7 Å². The van der Waals surface area contributed by atoms with E-state index < -0.39 is 0 Å². The summed E-state index contributed by atoms with van der Waals surface area (Å²) in [6, 6.07) is 0. The standard InChI is InChI=1S/C40H56O/c1-30(18-13-20-32(3)23-25-36-34(5)22-15-28-39(36,7)8)16-11-12-17-31(2)19-14-21-33(4)24-26-37-35(6)38(41)27-29-40(37,9)10/h11-14,16-26,36,38,41H,15,27-29H2,1-10H3/b12-11+,18-13?,19-14+,25-23?,26-24+,30-16?,31-17+,32-20?,33-21+. The highest BCUT2D eigenvalue weighted by Gasteiger charge is 2.31. The van der Waals surface area contributed by atoms with Gasteiger partial charge < -0.3 is 5.11 Å². The third-order valence-electron chi connectivity index (χ3n) is 8.61. The quantitative estimate of drug-likeness (QED) is 0.211. The smallest absolute Gasteiger partial charge is 0.0753 e. The van der Waals surface area contributed by atoms with E-state index in [4.69, 9.17) is 0 Å². The first kappa shape index (κ1) is 34.3. The third-order valence-corrected chi connectivity index (χ3v) is 8.61. The van der Waals surface area contributed by atoms with Crippen LogP contribution in [0.15, 0.2) is 130 Å². The van der Waals surface area contributed by atoms with Crippen LogP contribution in [-0.2, 0) is 0 Å². The second-order valence-corrected chi connectivity index (χ2v) is 13.4. The van der Waals surface area contributed by atoms with Gasteiger partial charge in [0.2, 0.25) is 0 Å². The molecule has 0 aromatic heterocycles. The van der Waals surface area contributed by atoms with Gasteiger partial charge in [0.15, 0.2) is 0 Å². The molecule has 2 aliphatic carbocycles. The van der Waals surface area contributed by atoms with Gasteiger partial charge in [0.05, 0.1) is 6.10 Å². The summed E-state index contributed by atoms with van der Waals surface area (Å²) in [7, 11) is 0.